The van der Waals surface area contributed by atoms with Gasteiger partial charge in [0.2, 0.25) is 0 Å². The Morgan fingerprint density at radius 1 is 1.50 bits per heavy atom. The fourth-order valence-corrected chi connectivity index (χ4v) is 1.35. The molecule has 0 bridgehead atoms. The Morgan fingerprint density at radius 2 is 2.17 bits per heavy atom. The lowest BCUT2D eigenvalue weighted by Crippen LogP contribution is -1.94. The second-order valence-electron chi connectivity index (χ2n) is 2.41. The first-order chi connectivity index (χ1) is 5.70. The smallest absolute Gasteiger partial charge is 0.154 e. The van der Waals surface area contributed by atoms with Crippen molar-refractivity contribution >= 4 is 22.2 Å². The van der Waals surface area contributed by atoms with Gasteiger partial charge in [0, 0.05) is 4.47 Å². The second kappa shape index (κ2) is 3.72. The van der Waals surface area contributed by atoms with E-state index in [1.54, 1.807) is 13.2 Å². The van der Waals surface area contributed by atoms with Gasteiger partial charge in [-0.25, -0.2) is 0 Å². The average molecular weight is 229 g/mol. The summed E-state index contributed by atoms with van der Waals surface area (Å²) in [5.74, 6) is 0.616. The standard InChI is InChI=1S/C9H9BrO2/c1-6-7(5-11)9(12-2)4-3-8(6)10/h3-5H,1-2H3. The van der Waals surface area contributed by atoms with Gasteiger partial charge in [0.05, 0.1) is 12.7 Å². The van der Waals surface area contributed by atoms with Crippen LogP contribution in [0.15, 0.2) is 16.6 Å². The predicted octanol–water partition coefficient (Wildman–Crippen LogP) is 2.58. The number of benzene rings is 1. The zero-order valence-electron chi connectivity index (χ0n) is 6.93. The molecule has 0 aliphatic carbocycles. The second-order valence-corrected chi connectivity index (χ2v) is 3.26. The Hall–Kier alpha value is -0.830. The molecular formula is C9H9BrO2. The van der Waals surface area contributed by atoms with Gasteiger partial charge in [-0.3, -0.25) is 4.79 Å². The Labute approximate surface area is 79.7 Å². The summed E-state index contributed by atoms with van der Waals surface area (Å²) in [5.41, 5.74) is 1.51. The highest BCUT2D eigenvalue weighted by molar-refractivity contribution is 9.10. The molecule has 12 heavy (non-hydrogen) atoms. The third kappa shape index (κ3) is 1.50. The minimum Gasteiger partial charge on any atom is -0.496 e. The Kier molecular flexibility index (Phi) is 2.87. The molecule has 64 valence electrons. The van der Waals surface area contributed by atoms with E-state index in [1.807, 2.05) is 13.0 Å². The van der Waals surface area contributed by atoms with E-state index in [4.69, 9.17) is 4.74 Å². The van der Waals surface area contributed by atoms with E-state index in [-0.39, 0.29) is 0 Å². The zero-order chi connectivity index (χ0) is 9.14. The van der Waals surface area contributed by atoms with Gasteiger partial charge in [-0.2, -0.15) is 0 Å². The largest absolute Gasteiger partial charge is 0.496 e. The van der Waals surface area contributed by atoms with Crippen molar-refractivity contribution < 1.29 is 9.53 Å². The molecule has 0 aliphatic heterocycles. The molecule has 1 aromatic rings. The lowest BCUT2D eigenvalue weighted by atomic mass is 10.1. The molecule has 0 fully saturated rings. The average Bonchev–Trinajstić information content (AvgIpc) is 2.09. The molecule has 0 amide bonds. The Balaban J connectivity index is 3.35. The number of hydrogen-bond acceptors (Lipinski definition) is 2. The van der Waals surface area contributed by atoms with Gasteiger partial charge in [-0.15, -0.1) is 0 Å². The normalized spacial score (nSPS) is 9.58. The first-order valence-electron chi connectivity index (χ1n) is 3.49. The van der Waals surface area contributed by atoms with Crippen molar-refractivity contribution in [2.75, 3.05) is 7.11 Å². The quantitative estimate of drug-likeness (QED) is 0.728. The fourth-order valence-electron chi connectivity index (χ4n) is 1.00. The molecule has 0 unspecified atom stereocenters. The molecule has 3 heteroatoms. The third-order valence-corrected chi connectivity index (χ3v) is 2.61. The van der Waals surface area contributed by atoms with Crippen molar-refractivity contribution in [3.05, 3.63) is 27.7 Å². The number of methoxy groups -OCH3 is 1. The number of aldehydes is 1. The van der Waals surface area contributed by atoms with Gasteiger partial charge < -0.3 is 4.74 Å². The summed E-state index contributed by atoms with van der Waals surface area (Å²) in [4.78, 5) is 10.7. The minimum atomic E-state index is 0.604. The van der Waals surface area contributed by atoms with Crippen LogP contribution in [-0.4, -0.2) is 13.4 Å². The highest BCUT2D eigenvalue weighted by Crippen LogP contribution is 2.26. The molecule has 2 nitrogen and oxygen atoms in total. The van der Waals surface area contributed by atoms with Crippen LogP contribution in [0.3, 0.4) is 0 Å². The fraction of sp³-hybridized carbons (Fsp3) is 0.222. The highest BCUT2D eigenvalue weighted by Gasteiger charge is 2.07. The van der Waals surface area contributed by atoms with E-state index < -0.39 is 0 Å². The van der Waals surface area contributed by atoms with Crippen LogP contribution in [0.5, 0.6) is 5.75 Å². The van der Waals surface area contributed by atoms with Gasteiger partial charge in [0.25, 0.3) is 0 Å². The zero-order valence-corrected chi connectivity index (χ0v) is 8.51. The maximum absolute atomic E-state index is 10.7. The van der Waals surface area contributed by atoms with Crippen LogP contribution in [0, 0.1) is 6.92 Å². The van der Waals surface area contributed by atoms with E-state index >= 15 is 0 Å². The molecule has 0 N–H and O–H groups in total. The molecule has 0 aromatic heterocycles. The molecule has 0 aliphatic rings. The molecule has 0 radical (unpaired) electrons. The van der Waals surface area contributed by atoms with Crippen LogP contribution in [0.25, 0.3) is 0 Å². The van der Waals surface area contributed by atoms with E-state index in [0.29, 0.717) is 11.3 Å². The number of halogens is 1. The van der Waals surface area contributed by atoms with Gasteiger partial charge in [-0.05, 0) is 24.6 Å². The third-order valence-electron chi connectivity index (χ3n) is 1.75. The molecule has 1 aromatic carbocycles. The van der Waals surface area contributed by atoms with Crippen molar-refractivity contribution in [3.8, 4) is 5.75 Å². The Morgan fingerprint density at radius 3 is 2.67 bits per heavy atom. The SMILES string of the molecule is COc1ccc(Br)c(C)c1C=O. The summed E-state index contributed by atoms with van der Waals surface area (Å²) in [6.07, 6.45) is 0.804. The lowest BCUT2D eigenvalue weighted by Gasteiger charge is -2.06. The molecular weight excluding hydrogens is 220 g/mol. The minimum absolute atomic E-state index is 0.604. The van der Waals surface area contributed by atoms with Crippen LogP contribution in [0.2, 0.25) is 0 Å². The summed E-state index contributed by atoms with van der Waals surface area (Å²) < 4.78 is 5.94. The van der Waals surface area contributed by atoms with Crippen LogP contribution in [0.4, 0.5) is 0 Å². The monoisotopic (exact) mass is 228 g/mol. The number of hydrogen-bond donors (Lipinski definition) is 0. The van der Waals surface area contributed by atoms with Crippen molar-refractivity contribution in [2.24, 2.45) is 0 Å². The van der Waals surface area contributed by atoms with Crippen LogP contribution in [0.1, 0.15) is 15.9 Å². The first-order valence-corrected chi connectivity index (χ1v) is 4.28. The topological polar surface area (TPSA) is 26.3 Å². The van der Waals surface area contributed by atoms with Crippen LogP contribution >= 0.6 is 15.9 Å². The number of carbonyl (C=O) groups is 1. The maximum Gasteiger partial charge on any atom is 0.154 e. The number of ether oxygens (including phenoxy) is 1. The van der Waals surface area contributed by atoms with Crippen LogP contribution in [-0.2, 0) is 0 Å². The van der Waals surface area contributed by atoms with Gasteiger partial charge in [0.15, 0.2) is 6.29 Å². The molecule has 1 rings (SSSR count). The van der Waals surface area contributed by atoms with Gasteiger partial charge in [-0.1, -0.05) is 15.9 Å². The number of carbonyl (C=O) groups excluding carboxylic acids is 1. The summed E-state index contributed by atoms with van der Waals surface area (Å²) in [6, 6.07) is 3.63. The lowest BCUT2D eigenvalue weighted by molar-refractivity contribution is 0.112. The van der Waals surface area contributed by atoms with Crippen LogP contribution < -0.4 is 4.74 Å². The first kappa shape index (κ1) is 9.26. The molecule has 0 atom stereocenters. The molecule has 0 saturated carbocycles. The van der Waals surface area contributed by atoms with Crippen molar-refractivity contribution in [2.45, 2.75) is 6.92 Å². The summed E-state index contributed by atoms with van der Waals surface area (Å²) in [6.45, 7) is 1.87. The van der Waals surface area contributed by atoms with E-state index in [9.17, 15) is 4.79 Å². The van der Waals surface area contributed by atoms with E-state index in [1.165, 1.54) is 0 Å². The van der Waals surface area contributed by atoms with E-state index in [2.05, 4.69) is 15.9 Å². The summed E-state index contributed by atoms with van der Waals surface area (Å²) in [7, 11) is 1.55. The van der Waals surface area contributed by atoms with Crippen molar-refractivity contribution in [1.82, 2.24) is 0 Å². The molecule has 0 heterocycles. The van der Waals surface area contributed by atoms with Crippen molar-refractivity contribution in [3.63, 3.8) is 0 Å². The predicted molar refractivity (Wildman–Crippen MR) is 50.8 cm³/mol. The molecule has 0 saturated heterocycles. The molecule has 0 spiro atoms. The summed E-state index contributed by atoms with van der Waals surface area (Å²) >= 11 is 3.34. The van der Waals surface area contributed by atoms with Crippen molar-refractivity contribution in [1.29, 1.82) is 0 Å². The van der Waals surface area contributed by atoms with E-state index in [0.717, 1.165) is 16.3 Å². The Bertz CT molecular complexity index is 308. The maximum atomic E-state index is 10.7. The van der Waals surface area contributed by atoms with Gasteiger partial charge in [0.1, 0.15) is 5.75 Å². The summed E-state index contributed by atoms with van der Waals surface area (Å²) in [5, 5.41) is 0. The number of rotatable bonds is 2. The van der Waals surface area contributed by atoms with Gasteiger partial charge >= 0.3 is 0 Å². The highest BCUT2D eigenvalue weighted by atomic mass is 79.9.